The summed E-state index contributed by atoms with van der Waals surface area (Å²) >= 11 is 0. The highest BCUT2D eigenvalue weighted by Crippen LogP contribution is 1.93. The van der Waals surface area contributed by atoms with Gasteiger partial charge in [0, 0.05) is 26.2 Å². The fourth-order valence-electron chi connectivity index (χ4n) is 1.000. The van der Waals surface area contributed by atoms with Crippen LogP contribution in [-0.2, 0) is 0 Å². The van der Waals surface area contributed by atoms with Crippen molar-refractivity contribution in [2.75, 3.05) is 45.9 Å². The molecule has 0 aromatic heterocycles. The molecule has 94 valence electrons. The van der Waals surface area contributed by atoms with Crippen molar-refractivity contribution in [2.45, 2.75) is 19.8 Å². The first-order chi connectivity index (χ1) is 7.26. The fourth-order valence-corrected chi connectivity index (χ4v) is 1.000. The fraction of sp³-hybridized carbons (Fsp3) is 1.00. The lowest BCUT2D eigenvalue weighted by molar-refractivity contribution is 0.159. The molecule has 0 rings (SSSR count). The van der Waals surface area contributed by atoms with Crippen LogP contribution in [0.5, 0.6) is 0 Å². The second kappa shape index (κ2) is 16.2. The van der Waals surface area contributed by atoms with E-state index in [2.05, 4.69) is 11.8 Å². The summed E-state index contributed by atoms with van der Waals surface area (Å²) in [5.41, 5.74) is 9.81. The molecule has 15 heavy (non-hydrogen) atoms. The van der Waals surface area contributed by atoms with E-state index in [1.54, 1.807) is 0 Å². The zero-order chi connectivity index (χ0) is 11.9. The molecule has 0 fully saturated rings. The van der Waals surface area contributed by atoms with E-state index >= 15 is 0 Å². The molecule has 0 aliphatic heterocycles. The Morgan fingerprint density at radius 1 is 0.933 bits per heavy atom. The quantitative estimate of drug-likeness (QED) is 0.421. The summed E-state index contributed by atoms with van der Waals surface area (Å²) in [7, 11) is 0. The van der Waals surface area contributed by atoms with Crippen molar-refractivity contribution in [3.8, 4) is 0 Å². The van der Waals surface area contributed by atoms with Crippen LogP contribution in [-0.4, -0.2) is 61.1 Å². The number of aliphatic hydroxyl groups excluding tert-OH is 2. The minimum absolute atomic E-state index is 0.184. The van der Waals surface area contributed by atoms with Crippen molar-refractivity contribution >= 4 is 0 Å². The summed E-state index contributed by atoms with van der Waals surface area (Å²) in [5.74, 6) is 0. The summed E-state index contributed by atoms with van der Waals surface area (Å²) in [6.45, 7) is 6.04. The Morgan fingerprint density at radius 3 is 1.67 bits per heavy atom. The number of nitrogens with two attached hydrogens (primary N) is 2. The second-order valence-corrected chi connectivity index (χ2v) is 3.22. The second-order valence-electron chi connectivity index (χ2n) is 3.22. The maximum atomic E-state index is 8.64. The molecule has 5 heteroatoms. The molecule has 0 aromatic carbocycles. The van der Waals surface area contributed by atoms with E-state index in [4.69, 9.17) is 21.7 Å². The van der Waals surface area contributed by atoms with Gasteiger partial charge in [-0.2, -0.15) is 0 Å². The molecule has 0 aliphatic rings. The van der Waals surface area contributed by atoms with Crippen molar-refractivity contribution in [2.24, 2.45) is 11.5 Å². The Labute approximate surface area is 93.1 Å². The number of unbranched alkanes of at least 4 members (excludes halogenated alkanes) is 1. The molecule has 0 aromatic rings. The van der Waals surface area contributed by atoms with Crippen molar-refractivity contribution < 1.29 is 10.2 Å². The summed E-state index contributed by atoms with van der Waals surface area (Å²) in [4.78, 5) is 2.07. The molecule has 0 aliphatic carbocycles. The van der Waals surface area contributed by atoms with Crippen LogP contribution in [0, 0.1) is 0 Å². The first-order valence-electron chi connectivity index (χ1n) is 5.60. The molecular formula is C10H27N3O2. The number of nitrogens with zero attached hydrogens (tertiary/aromatic N) is 1. The molecule has 0 unspecified atom stereocenters. The normalized spacial score (nSPS) is 10.0. The van der Waals surface area contributed by atoms with Crippen LogP contribution >= 0.6 is 0 Å². The van der Waals surface area contributed by atoms with Gasteiger partial charge in [0.1, 0.15) is 0 Å². The van der Waals surface area contributed by atoms with Crippen LogP contribution in [0.25, 0.3) is 0 Å². The third-order valence-corrected chi connectivity index (χ3v) is 1.83. The molecule has 0 amide bonds. The van der Waals surface area contributed by atoms with E-state index in [-0.39, 0.29) is 13.2 Å². The van der Waals surface area contributed by atoms with Crippen LogP contribution in [0.1, 0.15) is 19.8 Å². The van der Waals surface area contributed by atoms with Crippen molar-refractivity contribution in [1.82, 2.24) is 4.90 Å². The molecule has 5 nitrogen and oxygen atoms in total. The number of rotatable bonds is 8. The van der Waals surface area contributed by atoms with E-state index in [9.17, 15) is 0 Å². The topological polar surface area (TPSA) is 95.7 Å². The first-order valence-corrected chi connectivity index (χ1v) is 5.60. The number of hydrogen-bond donors (Lipinski definition) is 4. The molecule has 0 heterocycles. The summed E-state index contributed by atoms with van der Waals surface area (Å²) in [6, 6.07) is 0. The highest BCUT2D eigenvalue weighted by molar-refractivity contribution is 4.55. The Hall–Kier alpha value is -0.200. The predicted octanol–water partition coefficient (Wildman–Crippen LogP) is -1.02. The Bertz CT molecular complexity index is 96.7. The van der Waals surface area contributed by atoms with Gasteiger partial charge in [0.15, 0.2) is 0 Å². The maximum Gasteiger partial charge on any atom is 0.0558 e. The maximum absolute atomic E-state index is 8.64. The molecule has 0 saturated heterocycles. The number of aliphatic hydroxyl groups is 2. The molecule has 0 atom stereocenters. The van der Waals surface area contributed by atoms with Gasteiger partial charge in [-0.25, -0.2) is 0 Å². The van der Waals surface area contributed by atoms with Gasteiger partial charge in [-0.05, 0) is 13.0 Å². The lowest BCUT2D eigenvalue weighted by atomic mass is 10.3. The van der Waals surface area contributed by atoms with E-state index in [0.717, 1.165) is 19.4 Å². The summed E-state index contributed by atoms with van der Waals surface area (Å²) < 4.78 is 0. The van der Waals surface area contributed by atoms with Crippen LogP contribution in [0.3, 0.4) is 0 Å². The van der Waals surface area contributed by atoms with Crippen molar-refractivity contribution in [1.29, 1.82) is 0 Å². The molecular weight excluding hydrogens is 194 g/mol. The minimum Gasteiger partial charge on any atom is -0.395 e. The average molecular weight is 221 g/mol. The van der Waals surface area contributed by atoms with Gasteiger partial charge in [-0.1, -0.05) is 13.3 Å². The van der Waals surface area contributed by atoms with Crippen LogP contribution < -0.4 is 11.5 Å². The van der Waals surface area contributed by atoms with Gasteiger partial charge in [-0.15, -0.1) is 0 Å². The monoisotopic (exact) mass is 221 g/mol. The van der Waals surface area contributed by atoms with Gasteiger partial charge in [0.25, 0.3) is 0 Å². The summed E-state index contributed by atoms with van der Waals surface area (Å²) in [6.07, 6.45) is 2.30. The Balaban J connectivity index is 0. The van der Waals surface area contributed by atoms with Crippen LogP contribution in [0.15, 0.2) is 0 Å². The molecule has 0 bridgehead atoms. The van der Waals surface area contributed by atoms with Crippen molar-refractivity contribution in [3.05, 3.63) is 0 Å². The number of hydrogen-bond acceptors (Lipinski definition) is 5. The van der Waals surface area contributed by atoms with Crippen LogP contribution in [0.2, 0.25) is 0 Å². The van der Waals surface area contributed by atoms with Gasteiger partial charge in [-0.3, -0.25) is 4.90 Å². The standard InChI is InChI=1S/C8H19NO2.C2H8N2/c1-2-3-4-9(5-7-10)6-8-11;3-1-2-4/h10-11H,2-8H2,1H3;1-4H2. The summed E-state index contributed by atoms with van der Waals surface area (Å²) in [5, 5.41) is 17.3. The highest BCUT2D eigenvalue weighted by Gasteiger charge is 2.00. The van der Waals surface area contributed by atoms with Gasteiger partial charge >= 0.3 is 0 Å². The zero-order valence-corrected chi connectivity index (χ0v) is 9.86. The SMILES string of the molecule is CCCCN(CCO)CCO.NCCN. The third-order valence-electron chi connectivity index (χ3n) is 1.83. The Morgan fingerprint density at radius 2 is 1.40 bits per heavy atom. The molecule has 0 spiro atoms. The van der Waals surface area contributed by atoms with Gasteiger partial charge in [0.2, 0.25) is 0 Å². The molecule has 0 saturated carbocycles. The highest BCUT2D eigenvalue weighted by atomic mass is 16.3. The zero-order valence-electron chi connectivity index (χ0n) is 9.86. The predicted molar refractivity (Wildman–Crippen MR) is 63.6 cm³/mol. The van der Waals surface area contributed by atoms with Crippen molar-refractivity contribution in [3.63, 3.8) is 0 Å². The lowest BCUT2D eigenvalue weighted by Crippen LogP contribution is -2.30. The van der Waals surface area contributed by atoms with E-state index in [1.807, 2.05) is 0 Å². The van der Waals surface area contributed by atoms with Gasteiger partial charge in [0.05, 0.1) is 13.2 Å². The Kier molecular flexibility index (Phi) is 18.6. The molecule has 0 radical (unpaired) electrons. The van der Waals surface area contributed by atoms with E-state index in [0.29, 0.717) is 26.2 Å². The average Bonchev–Trinajstić information content (AvgIpc) is 2.27. The largest absolute Gasteiger partial charge is 0.395 e. The molecule has 6 N–H and O–H groups in total. The smallest absolute Gasteiger partial charge is 0.0558 e. The third kappa shape index (κ3) is 16.5. The van der Waals surface area contributed by atoms with E-state index in [1.165, 1.54) is 0 Å². The lowest BCUT2D eigenvalue weighted by Gasteiger charge is -2.19. The van der Waals surface area contributed by atoms with Gasteiger partial charge < -0.3 is 21.7 Å². The van der Waals surface area contributed by atoms with E-state index < -0.39 is 0 Å². The minimum atomic E-state index is 0.184. The van der Waals surface area contributed by atoms with Crippen LogP contribution in [0.4, 0.5) is 0 Å². The first kappa shape index (κ1) is 17.2.